The number of aromatic nitrogens is 1. The van der Waals surface area contributed by atoms with E-state index in [4.69, 9.17) is 0 Å². The molecule has 1 aromatic rings. The molecule has 1 aliphatic heterocycles. The highest BCUT2D eigenvalue weighted by Gasteiger charge is 2.21. The Bertz CT molecular complexity index is 436. The van der Waals surface area contributed by atoms with Crippen molar-refractivity contribution in [1.82, 2.24) is 9.88 Å². The summed E-state index contributed by atoms with van der Waals surface area (Å²) in [5.74, 6) is 0.0694. The van der Waals surface area contributed by atoms with Gasteiger partial charge in [0, 0.05) is 30.9 Å². The van der Waals surface area contributed by atoms with Crippen LogP contribution < -0.4 is 0 Å². The van der Waals surface area contributed by atoms with Crippen LogP contribution in [0.4, 0.5) is 4.39 Å². The molecule has 1 fully saturated rings. The highest BCUT2D eigenvalue weighted by molar-refractivity contribution is 5.94. The van der Waals surface area contributed by atoms with Gasteiger partial charge in [0.2, 0.25) is 5.95 Å². The van der Waals surface area contributed by atoms with Gasteiger partial charge in [-0.25, -0.2) is 4.98 Å². The highest BCUT2D eigenvalue weighted by atomic mass is 19.1. The first-order chi connectivity index (χ1) is 9.20. The van der Waals surface area contributed by atoms with Crippen molar-refractivity contribution in [2.45, 2.75) is 39.0 Å². The third kappa shape index (κ3) is 3.75. The van der Waals surface area contributed by atoms with Crippen LogP contribution in [0, 0.1) is 11.9 Å². The topological polar surface area (TPSA) is 33.2 Å². The Morgan fingerprint density at radius 3 is 3.05 bits per heavy atom. The van der Waals surface area contributed by atoms with Gasteiger partial charge in [-0.15, -0.1) is 0 Å². The maximum Gasteiger partial charge on any atom is 0.254 e. The van der Waals surface area contributed by atoms with Crippen LogP contribution in [0.2, 0.25) is 0 Å². The molecule has 0 saturated carbocycles. The summed E-state index contributed by atoms with van der Waals surface area (Å²) >= 11 is 0. The van der Waals surface area contributed by atoms with Gasteiger partial charge in [-0.05, 0) is 31.2 Å². The lowest BCUT2D eigenvalue weighted by molar-refractivity contribution is 0.0759. The maximum absolute atomic E-state index is 13.1. The first-order valence-corrected chi connectivity index (χ1v) is 7.11. The molecule has 104 valence electrons. The average Bonchev–Trinajstić information content (AvgIpc) is 2.64. The summed E-state index contributed by atoms with van der Waals surface area (Å²) in [4.78, 5) is 17.6. The van der Waals surface area contributed by atoms with Gasteiger partial charge < -0.3 is 4.90 Å². The zero-order valence-corrected chi connectivity index (χ0v) is 11.4. The average molecular weight is 264 g/mol. The molecule has 0 spiro atoms. The number of carbonyl (C=O) groups excluding carboxylic acids is 1. The summed E-state index contributed by atoms with van der Waals surface area (Å²) in [6.07, 6.45) is 7.10. The number of rotatable bonds is 3. The van der Waals surface area contributed by atoms with Crippen molar-refractivity contribution >= 4 is 5.91 Å². The Balaban J connectivity index is 2.00. The van der Waals surface area contributed by atoms with Gasteiger partial charge in [0.15, 0.2) is 0 Å². The number of nitrogens with zero attached hydrogens (tertiary/aromatic N) is 2. The lowest BCUT2D eigenvalue weighted by Gasteiger charge is -2.20. The van der Waals surface area contributed by atoms with Crippen molar-refractivity contribution in [2.75, 3.05) is 13.1 Å². The highest BCUT2D eigenvalue weighted by Crippen LogP contribution is 2.22. The number of pyridine rings is 1. The van der Waals surface area contributed by atoms with Gasteiger partial charge in [0.1, 0.15) is 0 Å². The zero-order valence-electron chi connectivity index (χ0n) is 11.4. The number of hydrogen-bond donors (Lipinski definition) is 0. The molecule has 1 unspecified atom stereocenters. The molecule has 2 heterocycles. The van der Waals surface area contributed by atoms with Gasteiger partial charge >= 0.3 is 0 Å². The van der Waals surface area contributed by atoms with Crippen LogP contribution in [-0.4, -0.2) is 28.9 Å². The van der Waals surface area contributed by atoms with E-state index >= 15 is 0 Å². The molecule has 0 aliphatic carbocycles. The van der Waals surface area contributed by atoms with E-state index in [1.54, 1.807) is 6.07 Å². The Morgan fingerprint density at radius 2 is 2.32 bits per heavy atom. The van der Waals surface area contributed by atoms with Crippen LogP contribution in [0.3, 0.4) is 0 Å². The van der Waals surface area contributed by atoms with E-state index in [1.165, 1.54) is 31.5 Å². The van der Waals surface area contributed by atoms with Crippen molar-refractivity contribution in [3.63, 3.8) is 0 Å². The standard InChI is InChI=1S/C15H21FN2O/c1-2-4-12-5-3-9-18(10-7-12)15(19)13-6-8-17-14(16)11-13/h6,8,11-12H,2-5,7,9-10H2,1H3. The van der Waals surface area contributed by atoms with E-state index in [1.807, 2.05) is 4.90 Å². The van der Waals surface area contributed by atoms with Crippen LogP contribution in [-0.2, 0) is 0 Å². The predicted molar refractivity (Wildman–Crippen MR) is 72.3 cm³/mol. The fraction of sp³-hybridized carbons (Fsp3) is 0.600. The van der Waals surface area contributed by atoms with Gasteiger partial charge in [-0.3, -0.25) is 4.79 Å². The van der Waals surface area contributed by atoms with E-state index in [2.05, 4.69) is 11.9 Å². The molecular weight excluding hydrogens is 243 g/mol. The van der Waals surface area contributed by atoms with E-state index in [0.717, 1.165) is 31.8 Å². The van der Waals surface area contributed by atoms with Crippen LogP contribution in [0.25, 0.3) is 0 Å². The Morgan fingerprint density at radius 1 is 1.47 bits per heavy atom. The first kappa shape index (κ1) is 14.0. The van der Waals surface area contributed by atoms with Crippen LogP contribution >= 0.6 is 0 Å². The van der Waals surface area contributed by atoms with Crippen LogP contribution in [0.15, 0.2) is 18.3 Å². The minimum atomic E-state index is -0.593. The normalized spacial score (nSPS) is 20.1. The minimum Gasteiger partial charge on any atom is -0.339 e. The summed E-state index contributed by atoms with van der Waals surface area (Å²) in [5, 5.41) is 0. The number of amides is 1. The molecule has 2 rings (SSSR count). The largest absolute Gasteiger partial charge is 0.339 e. The lowest BCUT2D eigenvalue weighted by Crippen LogP contribution is -2.32. The van der Waals surface area contributed by atoms with E-state index in [9.17, 15) is 9.18 Å². The number of likely N-dealkylation sites (tertiary alicyclic amines) is 1. The summed E-state index contributed by atoms with van der Waals surface area (Å²) < 4.78 is 13.1. The molecule has 1 saturated heterocycles. The zero-order chi connectivity index (χ0) is 13.7. The second-order valence-corrected chi connectivity index (χ2v) is 5.25. The van der Waals surface area contributed by atoms with Crippen molar-refractivity contribution in [3.8, 4) is 0 Å². The van der Waals surface area contributed by atoms with E-state index in [-0.39, 0.29) is 5.91 Å². The van der Waals surface area contributed by atoms with Crippen molar-refractivity contribution < 1.29 is 9.18 Å². The minimum absolute atomic E-state index is 0.0709. The molecule has 3 nitrogen and oxygen atoms in total. The molecule has 19 heavy (non-hydrogen) atoms. The predicted octanol–water partition coefficient (Wildman–Crippen LogP) is 3.26. The van der Waals surface area contributed by atoms with E-state index in [0.29, 0.717) is 5.56 Å². The number of hydrogen-bond acceptors (Lipinski definition) is 2. The third-order valence-electron chi connectivity index (χ3n) is 3.81. The summed E-state index contributed by atoms with van der Waals surface area (Å²) in [7, 11) is 0. The first-order valence-electron chi connectivity index (χ1n) is 7.11. The van der Waals surface area contributed by atoms with Gasteiger partial charge in [-0.2, -0.15) is 4.39 Å². The lowest BCUT2D eigenvalue weighted by atomic mass is 9.96. The second-order valence-electron chi connectivity index (χ2n) is 5.25. The Kier molecular flexibility index (Phi) is 4.88. The molecule has 1 atom stereocenters. The summed E-state index contributed by atoms with van der Waals surface area (Å²) in [5.41, 5.74) is 0.404. The van der Waals surface area contributed by atoms with Crippen LogP contribution in [0.1, 0.15) is 49.4 Å². The molecule has 1 amide bonds. The van der Waals surface area contributed by atoms with Gasteiger partial charge in [0.05, 0.1) is 0 Å². The number of carbonyl (C=O) groups is 1. The molecule has 0 bridgehead atoms. The van der Waals surface area contributed by atoms with Crippen molar-refractivity contribution in [2.24, 2.45) is 5.92 Å². The molecule has 0 radical (unpaired) electrons. The number of halogens is 1. The molecule has 1 aromatic heterocycles. The Labute approximate surface area is 113 Å². The maximum atomic E-state index is 13.1. The fourth-order valence-electron chi connectivity index (χ4n) is 2.78. The fourth-order valence-corrected chi connectivity index (χ4v) is 2.78. The molecule has 4 heteroatoms. The van der Waals surface area contributed by atoms with Gasteiger partial charge in [0.25, 0.3) is 5.91 Å². The summed E-state index contributed by atoms with van der Waals surface area (Å²) in [6.45, 7) is 3.77. The molecular formula is C15H21FN2O. The second kappa shape index (κ2) is 6.64. The molecule has 1 aliphatic rings. The smallest absolute Gasteiger partial charge is 0.254 e. The third-order valence-corrected chi connectivity index (χ3v) is 3.81. The Hall–Kier alpha value is -1.45. The summed E-state index contributed by atoms with van der Waals surface area (Å²) in [6, 6.07) is 2.80. The quantitative estimate of drug-likeness (QED) is 0.785. The monoisotopic (exact) mass is 264 g/mol. The van der Waals surface area contributed by atoms with Gasteiger partial charge in [-0.1, -0.05) is 19.8 Å². The van der Waals surface area contributed by atoms with E-state index < -0.39 is 5.95 Å². The van der Waals surface area contributed by atoms with Crippen molar-refractivity contribution in [1.29, 1.82) is 0 Å². The SMILES string of the molecule is CCCC1CCCN(C(=O)c2ccnc(F)c2)CC1. The molecule has 0 aromatic carbocycles. The van der Waals surface area contributed by atoms with Crippen molar-refractivity contribution in [3.05, 3.63) is 29.8 Å². The molecule has 0 N–H and O–H groups in total. The van der Waals surface area contributed by atoms with Crippen LogP contribution in [0.5, 0.6) is 0 Å².